The molecule has 0 N–H and O–H groups in total. The quantitative estimate of drug-likeness (QED) is 0.175. The van der Waals surface area contributed by atoms with E-state index in [1.165, 1.54) is 99.6 Å². The second-order valence-corrected chi connectivity index (χ2v) is 18.2. The van der Waals surface area contributed by atoms with E-state index in [2.05, 4.69) is 209 Å². The van der Waals surface area contributed by atoms with Crippen LogP contribution in [0, 0.1) is 0 Å². The lowest BCUT2D eigenvalue weighted by Gasteiger charge is -2.42. The summed E-state index contributed by atoms with van der Waals surface area (Å²) in [7, 11) is 0. The van der Waals surface area contributed by atoms with Crippen LogP contribution in [0.2, 0.25) is 0 Å². The fraction of sp³-hybridized carbons (Fsp3) is 0.164. The summed E-state index contributed by atoms with van der Waals surface area (Å²) in [5, 5.41) is 5.20. The van der Waals surface area contributed by atoms with Crippen molar-refractivity contribution in [2.75, 3.05) is 4.90 Å². The number of hydrogen-bond donors (Lipinski definition) is 0. The van der Waals surface area contributed by atoms with E-state index in [-0.39, 0.29) is 16.2 Å². The van der Waals surface area contributed by atoms with Gasteiger partial charge in [-0.05, 0) is 121 Å². The molecule has 0 radical (unpaired) electrons. The Kier molecular flexibility index (Phi) is 6.29. The molecule has 0 spiro atoms. The maximum absolute atomic E-state index is 2.62. The molecule has 0 bridgehead atoms. The van der Waals surface area contributed by atoms with E-state index in [0.717, 1.165) is 11.4 Å². The second-order valence-electron chi connectivity index (χ2n) is 18.2. The zero-order valence-electron chi connectivity index (χ0n) is 33.4. The zero-order valence-corrected chi connectivity index (χ0v) is 33.4. The van der Waals surface area contributed by atoms with Gasteiger partial charge < -0.3 is 9.47 Å². The number of para-hydroxylation sites is 3. The lowest BCUT2D eigenvalue weighted by molar-refractivity contribution is 0.594. The third-order valence-electron chi connectivity index (χ3n) is 14.1. The SMILES string of the molecule is CC1(C)c2cc(-c3cc4c5c(c3)c3cccc6c3n5-c3c(cccc3C4(C)C)C6(C)C)ccc2-c2ccc(N(c3ccccc3)c3ccc4ccccc4c3)cc21. The maximum atomic E-state index is 2.62. The van der Waals surface area contributed by atoms with Crippen LogP contribution in [0.3, 0.4) is 0 Å². The van der Waals surface area contributed by atoms with E-state index in [1.54, 1.807) is 0 Å². The van der Waals surface area contributed by atoms with Crippen molar-refractivity contribution in [3.8, 4) is 27.9 Å². The van der Waals surface area contributed by atoms with Crippen LogP contribution in [-0.4, -0.2) is 4.57 Å². The molecule has 274 valence electrons. The van der Waals surface area contributed by atoms with Crippen LogP contribution in [0.4, 0.5) is 17.1 Å². The lowest BCUT2D eigenvalue weighted by Crippen LogP contribution is -2.33. The molecule has 0 saturated carbocycles. The number of anilines is 3. The van der Waals surface area contributed by atoms with Crippen LogP contribution in [-0.2, 0) is 16.2 Å². The molecule has 0 unspecified atom stereocenters. The van der Waals surface area contributed by atoms with Crippen molar-refractivity contribution in [3.05, 3.63) is 191 Å². The molecule has 3 heterocycles. The molecular weight excluding hydrogens is 689 g/mol. The van der Waals surface area contributed by atoms with Gasteiger partial charge >= 0.3 is 0 Å². The highest BCUT2D eigenvalue weighted by Gasteiger charge is 2.43. The Morgan fingerprint density at radius 3 is 1.74 bits per heavy atom. The minimum atomic E-state index is -0.190. The van der Waals surface area contributed by atoms with Crippen LogP contribution in [0.1, 0.15) is 74.9 Å². The van der Waals surface area contributed by atoms with E-state index >= 15 is 0 Å². The summed E-state index contributed by atoms with van der Waals surface area (Å²) in [6.45, 7) is 14.5. The molecule has 57 heavy (non-hydrogen) atoms. The van der Waals surface area contributed by atoms with Crippen molar-refractivity contribution in [3.63, 3.8) is 0 Å². The first-order valence-corrected chi connectivity index (χ1v) is 20.4. The van der Waals surface area contributed by atoms with Crippen molar-refractivity contribution in [1.29, 1.82) is 0 Å². The summed E-state index contributed by atoms with van der Waals surface area (Å²) in [6, 6.07) is 59.5. The van der Waals surface area contributed by atoms with Crippen molar-refractivity contribution < 1.29 is 0 Å². The van der Waals surface area contributed by atoms with Gasteiger partial charge in [0.15, 0.2) is 0 Å². The molecule has 0 atom stereocenters. The molecule has 1 aliphatic carbocycles. The molecule has 12 rings (SSSR count). The van der Waals surface area contributed by atoms with Crippen LogP contribution in [0.5, 0.6) is 0 Å². The number of nitrogens with zero attached hydrogens (tertiary/aromatic N) is 2. The summed E-state index contributed by atoms with van der Waals surface area (Å²) < 4.78 is 2.62. The molecule has 2 aliphatic heterocycles. The molecule has 3 aliphatic rings. The summed E-state index contributed by atoms with van der Waals surface area (Å²) in [4.78, 5) is 2.40. The molecule has 0 fully saturated rings. The standard InChI is InChI=1S/C55H44N2/c1-53(2)44-19-12-18-42-43-29-36(31-49-51(43)57(50(42)44)52-45(53)20-13-21-46(52)54(49,3)4)35-23-26-40-41-27-25-39(32-48(41)55(5,6)47(40)30-35)56(37-16-8-7-9-17-37)38-24-22-33-14-10-11-15-34(33)28-38/h7-32H,1-6H3. The van der Waals surface area contributed by atoms with E-state index in [4.69, 9.17) is 0 Å². The fourth-order valence-corrected chi connectivity index (χ4v) is 11.0. The van der Waals surface area contributed by atoms with Crippen molar-refractivity contribution in [2.45, 2.75) is 57.8 Å². The van der Waals surface area contributed by atoms with Gasteiger partial charge in [-0.15, -0.1) is 0 Å². The van der Waals surface area contributed by atoms with Crippen molar-refractivity contribution >= 4 is 49.6 Å². The van der Waals surface area contributed by atoms with Crippen LogP contribution in [0.25, 0.3) is 60.5 Å². The predicted molar refractivity (Wildman–Crippen MR) is 240 cm³/mol. The van der Waals surface area contributed by atoms with E-state index < -0.39 is 0 Å². The van der Waals surface area contributed by atoms with E-state index in [0.29, 0.717) is 0 Å². The Balaban J connectivity index is 1.02. The summed E-state index contributed by atoms with van der Waals surface area (Å²) in [6.07, 6.45) is 0. The second kappa shape index (κ2) is 10.9. The van der Waals surface area contributed by atoms with Crippen molar-refractivity contribution in [2.24, 2.45) is 0 Å². The molecule has 2 heteroatoms. The Labute approximate surface area is 334 Å². The van der Waals surface area contributed by atoms with Gasteiger partial charge in [0, 0.05) is 44.1 Å². The Bertz CT molecular complexity index is 3210. The van der Waals surface area contributed by atoms with Gasteiger partial charge in [0.2, 0.25) is 0 Å². The van der Waals surface area contributed by atoms with Gasteiger partial charge in [-0.2, -0.15) is 0 Å². The van der Waals surface area contributed by atoms with Gasteiger partial charge in [0.1, 0.15) is 0 Å². The maximum Gasteiger partial charge on any atom is 0.0582 e. The molecular formula is C55H44N2. The highest BCUT2D eigenvalue weighted by Crippen LogP contribution is 2.57. The normalized spacial score (nSPS) is 16.0. The van der Waals surface area contributed by atoms with Gasteiger partial charge in [0.25, 0.3) is 0 Å². The average molecular weight is 733 g/mol. The summed E-state index contributed by atoms with van der Waals surface area (Å²) >= 11 is 0. The van der Waals surface area contributed by atoms with Gasteiger partial charge in [0.05, 0.1) is 16.7 Å². The number of hydrogen-bond acceptors (Lipinski definition) is 1. The van der Waals surface area contributed by atoms with Crippen molar-refractivity contribution in [1.82, 2.24) is 4.57 Å². The first kappa shape index (κ1) is 32.8. The van der Waals surface area contributed by atoms with Gasteiger partial charge in [-0.1, -0.05) is 145 Å². The van der Waals surface area contributed by atoms with Gasteiger partial charge in [-0.3, -0.25) is 0 Å². The third kappa shape index (κ3) is 4.20. The lowest BCUT2D eigenvalue weighted by atomic mass is 9.68. The van der Waals surface area contributed by atoms with Crippen LogP contribution < -0.4 is 4.90 Å². The summed E-state index contributed by atoms with van der Waals surface area (Å²) in [5.41, 5.74) is 20.8. The van der Waals surface area contributed by atoms with E-state index in [9.17, 15) is 0 Å². The summed E-state index contributed by atoms with van der Waals surface area (Å²) in [5.74, 6) is 0. The zero-order chi connectivity index (χ0) is 38.6. The minimum absolute atomic E-state index is 0.0836. The smallest absolute Gasteiger partial charge is 0.0582 e. The molecule has 2 nitrogen and oxygen atoms in total. The fourth-order valence-electron chi connectivity index (χ4n) is 11.0. The Morgan fingerprint density at radius 1 is 0.368 bits per heavy atom. The van der Waals surface area contributed by atoms with Crippen LogP contribution in [0.15, 0.2) is 158 Å². The first-order valence-electron chi connectivity index (χ1n) is 20.4. The highest BCUT2D eigenvalue weighted by atomic mass is 15.1. The molecule has 0 saturated heterocycles. The molecule has 9 aromatic rings. The average Bonchev–Trinajstić information content (AvgIpc) is 3.68. The first-order chi connectivity index (χ1) is 27.5. The minimum Gasteiger partial charge on any atom is -0.310 e. The molecule has 8 aromatic carbocycles. The number of aromatic nitrogens is 1. The molecule has 1 aromatic heterocycles. The number of benzene rings is 8. The van der Waals surface area contributed by atoms with Gasteiger partial charge in [-0.25, -0.2) is 0 Å². The highest BCUT2D eigenvalue weighted by molar-refractivity contribution is 6.15. The van der Waals surface area contributed by atoms with E-state index in [1.807, 2.05) is 0 Å². The number of rotatable bonds is 4. The predicted octanol–water partition coefficient (Wildman–Crippen LogP) is 14.7. The number of fused-ring (bicyclic) bond motifs is 5. The Morgan fingerprint density at radius 2 is 0.947 bits per heavy atom. The molecule has 0 amide bonds. The largest absolute Gasteiger partial charge is 0.310 e. The topological polar surface area (TPSA) is 8.17 Å². The monoisotopic (exact) mass is 732 g/mol. The van der Waals surface area contributed by atoms with Crippen LogP contribution >= 0.6 is 0 Å². The Hall–Kier alpha value is -6.38. The third-order valence-corrected chi connectivity index (χ3v) is 14.1.